The van der Waals surface area contributed by atoms with E-state index in [-0.39, 0.29) is 5.91 Å². The maximum absolute atomic E-state index is 12.4. The summed E-state index contributed by atoms with van der Waals surface area (Å²) in [6, 6.07) is 1.90. The highest BCUT2D eigenvalue weighted by atomic mass is 32.1. The molecule has 0 saturated heterocycles. The highest BCUT2D eigenvalue weighted by molar-refractivity contribution is 7.11. The second kappa shape index (κ2) is 6.39. The third kappa shape index (κ3) is 2.94. The number of pyridine rings is 1. The largest absolute Gasteiger partial charge is 0.480 e. The first-order chi connectivity index (χ1) is 10.7. The number of aryl methyl sites for hydroxylation is 3. The first-order valence-electron chi connectivity index (χ1n) is 7.37. The highest BCUT2D eigenvalue weighted by Crippen LogP contribution is 2.26. The minimum Gasteiger partial charge on any atom is -0.480 e. The molecule has 0 aliphatic heterocycles. The molecule has 0 aromatic carbocycles. The van der Waals surface area contributed by atoms with Gasteiger partial charge in [0.15, 0.2) is 0 Å². The summed E-state index contributed by atoms with van der Waals surface area (Å²) in [7, 11) is 1.54. The van der Waals surface area contributed by atoms with Crippen molar-refractivity contribution in [3.63, 3.8) is 0 Å². The summed E-state index contributed by atoms with van der Waals surface area (Å²) < 4.78 is 5.27. The maximum atomic E-state index is 12.4. The molecule has 1 aliphatic carbocycles. The van der Waals surface area contributed by atoms with Gasteiger partial charge in [0.1, 0.15) is 15.6 Å². The summed E-state index contributed by atoms with van der Waals surface area (Å²) in [5, 5.41) is 12.8. The van der Waals surface area contributed by atoms with E-state index in [1.807, 2.05) is 13.0 Å². The fourth-order valence-electron chi connectivity index (χ4n) is 2.53. The second-order valence-corrected chi connectivity index (χ2v) is 6.28. The number of fused-ring (bicyclic) bond motifs is 1. The Hall–Kier alpha value is -2.02. The third-order valence-electron chi connectivity index (χ3n) is 3.67. The van der Waals surface area contributed by atoms with Crippen LogP contribution < -0.4 is 10.1 Å². The van der Waals surface area contributed by atoms with Crippen molar-refractivity contribution in [3.05, 3.63) is 32.9 Å². The Labute approximate surface area is 132 Å². The molecular weight excluding hydrogens is 300 g/mol. The number of hydrogen-bond donors (Lipinski definition) is 1. The van der Waals surface area contributed by atoms with E-state index in [4.69, 9.17) is 4.74 Å². The maximum Gasteiger partial charge on any atom is 0.257 e. The number of nitrogens with one attached hydrogen (secondary N) is 1. The molecule has 2 heterocycles. The van der Waals surface area contributed by atoms with Crippen molar-refractivity contribution < 1.29 is 9.53 Å². The number of carbonyl (C=O) groups excluding carboxylic acids is 1. The van der Waals surface area contributed by atoms with E-state index in [2.05, 4.69) is 20.5 Å². The molecule has 0 fully saturated rings. The Kier molecular flexibility index (Phi) is 4.33. The summed E-state index contributed by atoms with van der Waals surface area (Å²) in [6.07, 6.45) is 3.87. The molecule has 0 spiro atoms. The first kappa shape index (κ1) is 14.9. The van der Waals surface area contributed by atoms with E-state index in [0.717, 1.165) is 47.0 Å². The molecule has 22 heavy (non-hydrogen) atoms. The zero-order chi connectivity index (χ0) is 15.5. The molecule has 0 bridgehead atoms. The molecule has 2 aromatic heterocycles. The fourth-order valence-corrected chi connectivity index (χ4v) is 3.25. The number of hydrogen-bond acceptors (Lipinski definition) is 6. The number of carbonyl (C=O) groups is 1. The average Bonchev–Trinajstić information content (AvgIpc) is 3.19. The van der Waals surface area contributed by atoms with Gasteiger partial charge in [-0.05, 0) is 37.3 Å². The van der Waals surface area contributed by atoms with Gasteiger partial charge in [-0.2, -0.15) is 0 Å². The van der Waals surface area contributed by atoms with Crippen molar-refractivity contribution >= 4 is 17.2 Å². The summed E-state index contributed by atoms with van der Waals surface area (Å²) in [6.45, 7) is 2.40. The molecular formula is C15H18N4O2S. The zero-order valence-electron chi connectivity index (χ0n) is 12.7. The average molecular weight is 318 g/mol. The molecule has 1 N–H and O–H groups in total. The molecule has 1 aliphatic rings. The van der Waals surface area contributed by atoms with Crippen molar-refractivity contribution in [2.75, 3.05) is 7.11 Å². The first-order valence-corrected chi connectivity index (χ1v) is 8.19. The Balaban J connectivity index is 1.74. The standard InChI is InChI=1S/C15H18N4O2S/c1-3-12-18-19-13(22-12)8-16-14(20)10-7-9-5-4-6-11(9)17-15(10)21-2/h7H,3-6,8H2,1-2H3,(H,16,20). The predicted octanol–water partition coefficient (Wildman–Crippen LogP) is 1.92. The van der Waals surface area contributed by atoms with E-state index in [0.29, 0.717) is 18.0 Å². The molecule has 6 nitrogen and oxygen atoms in total. The highest BCUT2D eigenvalue weighted by Gasteiger charge is 2.21. The SMILES string of the molecule is CCc1nnc(CNC(=O)c2cc3c(nc2OC)CCC3)s1. The van der Waals surface area contributed by atoms with Gasteiger partial charge in [0, 0.05) is 5.69 Å². The van der Waals surface area contributed by atoms with Gasteiger partial charge in [0.2, 0.25) is 5.88 Å². The van der Waals surface area contributed by atoms with Crippen LogP contribution in [0.15, 0.2) is 6.07 Å². The van der Waals surface area contributed by atoms with E-state index >= 15 is 0 Å². The number of rotatable bonds is 5. The van der Waals surface area contributed by atoms with Crippen LogP contribution in [0.25, 0.3) is 0 Å². The van der Waals surface area contributed by atoms with Crippen LogP contribution in [0.3, 0.4) is 0 Å². The molecule has 0 radical (unpaired) electrons. The third-order valence-corrected chi connectivity index (χ3v) is 4.73. The van der Waals surface area contributed by atoms with Crippen LogP contribution >= 0.6 is 11.3 Å². The van der Waals surface area contributed by atoms with Gasteiger partial charge in [-0.1, -0.05) is 18.3 Å². The Bertz CT molecular complexity index is 699. The van der Waals surface area contributed by atoms with Gasteiger partial charge in [-0.25, -0.2) is 4.98 Å². The van der Waals surface area contributed by atoms with Crippen LogP contribution in [-0.2, 0) is 25.8 Å². The molecule has 3 rings (SSSR count). The van der Waals surface area contributed by atoms with Crippen molar-refractivity contribution in [2.45, 2.75) is 39.2 Å². The lowest BCUT2D eigenvalue weighted by Gasteiger charge is -2.10. The monoisotopic (exact) mass is 318 g/mol. The van der Waals surface area contributed by atoms with E-state index in [1.165, 1.54) is 11.3 Å². The Morgan fingerprint density at radius 2 is 2.18 bits per heavy atom. The molecule has 0 saturated carbocycles. The van der Waals surface area contributed by atoms with Gasteiger partial charge >= 0.3 is 0 Å². The number of aromatic nitrogens is 3. The number of methoxy groups -OCH3 is 1. The Morgan fingerprint density at radius 3 is 2.91 bits per heavy atom. The minimum absolute atomic E-state index is 0.188. The lowest BCUT2D eigenvalue weighted by molar-refractivity contribution is 0.0947. The quantitative estimate of drug-likeness (QED) is 0.911. The second-order valence-electron chi connectivity index (χ2n) is 5.13. The van der Waals surface area contributed by atoms with Gasteiger partial charge in [0.05, 0.1) is 13.7 Å². The van der Waals surface area contributed by atoms with E-state index < -0.39 is 0 Å². The van der Waals surface area contributed by atoms with Crippen molar-refractivity contribution in [3.8, 4) is 5.88 Å². The normalized spacial score (nSPS) is 13.0. The van der Waals surface area contributed by atoms with Crippen LogP contribution in [0.5, 0.6) is 5.88 Å². The topological polar surface area (TPSA) is 77.0 Å². The molecule has 116 valence electrons. The van der Waals surface area contributed by atoms with Crippen LogP contribution in [0.2, 0.25) is 0 Å². The van der Waals surface area contributed by atoms with Crippen molar-refractivity contribution in [1.82, 2.24) is 20.5 Å². The lowest BCUT2D eigenvalue weighted by atomic mass is 10.1. The van der Waals surface area contributed by atoms with Gasteiger partial charge in [-0.15, -0.1) is 10.2 Å². The summed E-state index contributed by atoms with van der Waals surface area (Å²) >= 11 is 1.52. The van der Waals surface area contributed by atoms with Gasteiger partial charge in [-0.3, -0.25) is 4.79 Å². The van der Waals surface area contributed by atoms with Crippen LogP contribution in [-0.4, -0.2) is 28.2 Å². The zero-order valence-corrected chi connectivity index (χ0v) is 13.5. The van der Waals surface area contributed by atoms with E-state index in [9.17, 15) is 4.79 Å². The van der Waals surface area contributed by atoms with E-state index in [1.54, 1.807) is 7.11 Å². The summed E-state index contributed by atoms with van der Waals surface area (Å²) in [4.78, 5) is 16.9. The van der Waals surface area contributed by atoms with Crippen molar-refractivity contribution in [1.29, 1.82) is 0 Å². The van der Waals surface area contributed by atoms with Crippen LogP contribution in [0.1, 0.15) is 45.0 Å². The predicted molar refractivity (Wildman–Crippen MR) is 83.3 cm³/mol. The fraction of sp³-hybridized carbons (Fsp3) is 0.467. The lowest BCUT2D eigenvalue weighted by Crippen LogP contribution is -2.24. The summed E-state index contributed by atoms with van der Waals surface area (Å²) in [5.74, 6) is 0.206. The molecule has 2 aromatic rings. The number of amides is 1. The molecule has 0 atom stereocenters. The van der Waals surface area contributed by atoms with Gasteiger partial charge in [0.25, 0.3) is 5.91 Å². The molecule has 1 amide bonds. The minimum atomic E-state index is -0.188. The number of ether oxygens (including phenoxy) is 1. The molecule has 0 unspecified atom stereocenters. The summed E-state index contributed by atoms with van der Waals surface area (Å²) in [5.41, 5.74) is 2.68. The number of nitrogens with zero attached hydrogens (tertiary/aromatic N) is 3. The molecule has 7 heteroatoms. The van der Waals surface area contributed by atoms with Crippen LogP contribution in [0, 0.1) is 0 Å². The Morgan fingerprint density at radius 1 is 1.36 bits per heavy atom. The van der Waals surface area contributed by atoms with Crippen LogP contribution in [0.4, 0.5) is 0 Å². The van der Waals surface area contributed by atoms with Crippen molar-refractivity contribution in [2.24, 2.45) is 0 Å². The van der Waals surface area contributed by atoms with Gasteiger partial charge < -0.3 is 10.1 Å². The smallest absolute Gasteiger partial charge is 0.257 e.